The second-order valence-electron chi connectivity index (χ2n) is 9.66. The van der Waals surface area contributed by atoms with E-state index in [0.29, 0.717) is 22.2 Å². The molecule has 0 spiro atoms. The summed E-state index contributed by atoms with van der Waals surface area (Å²) in [6.45, 7) is 8.70. The number of anilines is 2. The van der Waals surface area contributed by atoms with E-state index in [2.05, 4.69) is 20.8 Å². The maximum absolute atomic E-state index is 13.4. The van der Waals surface area contributed by atoms with Crippen molar-refractivity contribution in [1.29, 1.82) is 0 Å². The van der Waals surface area contributed by atoms with E-state index in [0.717, 1.165) is 34.6 Å². The summed E-state index contributed by atoms with van der Waals surface area (Å²) in [7, 11) is 0. The topological polar surface area (TPSA) is 89.7 Å². The van der Waals surface area contributed by atoms with Crippen molar-refractivity contribution >= 4 is 51.6 Å². The largest absolute Gasteiger partial charge is 0.462 e. The number of rotatable bonds is 5. The van der Waals surface area contributed by atoms with Gasteiger partial charge in [-0.3, -0.25) is 9.59 Å². The highest BCUT2D eigenvalue weighted by atomic mass is 32.2. The molecular weight excluding hydrogens is 456 g/mol. The van der Waals surface area contributed by atoms with Gasteiger partial charge in [-0.25, -0.2) is 9.69 Å². The highest BCUT2D eigenvalue weighted by molar-refractivity contribution is 8.00. The first kappa shape index (κ1) is 23.8. The molecule has 6 nitrogen and oxygen atoms in total. The van der Waals surface area contributed by atoms with E-state index in [-0.39, 0.29) is 30.3 Å². The molecule has 0 saturated carbocycles. The number of amides is 2. The quantitative estimate of drug-likeness (QED) is 0.360. The van der Waals surface area contributed by atoms with Crippen molar-refractivity contribution in [2.24, 2.45) is 11.3 Å². The molecule has 176 valence electrons. The van der Waals surface area contributed by atoms with Gasteiger partial charge in [-0.2, -0.15) is 0 Å². The molecule has 1 aromatic carbocycles. The van der Waals surface area contributed by atoms with Crippen molar-refractivity contribution in [2.75, 3.05) is 17.2 Å². The maximum atomic E-state index is 13.4. The summed E-state index contributed by atoms with van der Waals surface area (Å²) in [5.41, 5.74) is 7.90. The Morgan fingerprint density at radius 3 is 2.55 bits per heavy atom. The molecule has 2 N–H and O–H groups in total. The van der Waals surface area contributed by atoms with Gasteiger partial charge in [-0.05, 0) is 67.3 Å². The normalized spacial score (nSPS) is 20.8. The number of imide groups is 1. The molecular formula is C25H30N2O4S2. The van der Waals surface area contributed by atoms with Crippen LogP contribution in [-0.2, 0) is 27.2 Å². The van der Waals surface area contributed by atoms with Gasteiger partial charge in [-0.15, -0.1) is 23.1 Å². The van der Waals surface area contributed by atoms with Gasteiger partial charge in [0.2, 0.25) is 11.8 Å². The summed E-state index contributed by atoms with van der Waals surface area (Å²) >= 11 is 2.76. The summed E-state index contributed by atoms with van der Waals surface area (Å²) in [5, 5.41) is -0.0963. The smallest absolute Gasteiger partial charge is 0.341 e. The Balaban J connectivity index is 1.68. The van der Waals surface area contributed by atoms with Gasteiger partial charge in [0, 0.05) is 21.9 Å². The highest BCUT2D eigenvalue weighted by Gasteiger charge is 2.44. The molecule has 2 amide bonds. The van der Waals surface area contributed by atoms with Crippen molar-refractivity contribution in [3.63, 3.8) is 0 Å². The van der Waals surface area contributed by atoms with Crippen LogP contribution in [0.15, 0.2) is 29.2 Å². The van der Waals surface area contributed by atoms with Crippen LogP contribution in [0.2, 0.25) is 0 Å². The van der Waals surface area contributed by atoms with E-state index in [1.165, 1.54) is 28.0 Å². The Morgan fingerprint density at radius 1 is 1.21 bits per heavy atom. The summed E-state index contributed by atoms with van der Waals surface area (Å²) in [4.78, 5) is 42.6. The van der Waals surface area contributed by atoms with Gasteiger partial charge in [0.05, 0.1) is 17.4 Å². The monoisotopic (exact) mass is 486 g/mol. The molecule has 8 heteroatoms. The number of nitrogen functional groups attached to an aromatic ring is 1. The van der Waals surface area contributed by atoms with Crippen molar-refractivity contribution in [3.05, 3.63) is 40.3 Å². The average molecular weight is 487 g/mol. The van der Waals surface area contributed by atoms with E-state index in [1.807, 2.05) is 12.1 Å². The standard InChI is InChI=1S/C25H30N2O4S2/c1-5-31-24(30)21-17-11-6-14(25(2,3)4)12-18(17)33-23(21)27-20(28)13-19(22(27)29)32-16-9-7-15(26)8-10-16/h7-10,14,19H,5-6,11-13,26H2,1-4H3. The van der Waals surface area contributed by atoms with Crippen LogP contribution in [0, 0.1) is 11.3 Å². The Bertz CT molecular complexity index is 1090. The second kappa shape index (κ2) is 9.14. The van der Waals surface area contributed by atoms with Crippen LogP contribution < -0.4 is 10.6 Å². The minimum Gasteiger partial charge on any atom is -0.462 e. The number of fused-ring (bicyclic) bond motifs is 1. The summed E-state index contributed by atoms with van der Waals surface area (Å²) in [6, 6.07) is 7.25. The zero-order valence-electron chi connectivity index (χ0n) is 19.5. The summed E-state index contributed by atoms with van der Waals surface area (Å²) in [5.74, 6) is -0.525. The number of esters is 1. The third-order valence-electron chi connectivity index (χ3n) is 6.42. The third-order valence-corrected chi connectivity index (χ3v) is 8.85. The van der Waals surface area contributed by atoms with Crippen LogP contribution in [0.25, 0.3) is 0 Å². The molecule has 4 rings (SSSR count). The molecule has 2 atom stereocenters. The number of ether oxygens (including phenoxy) is 1. The fourth-order valence-electron chi connectivity index (χ4n) is 4.50. The molecule has 2 aliphatic rings. The maximum Gasteiger partial charge on any atom is 0.341 e. The molecule has 2 unspecified atom stereocenters. The van der Waals surface area contributed by atoms with Gasteiger partial charge < -0.3 is 10.5 Å². The first-order valence-corrected chi connectivity index (χ1v) is 13.0. The van der Waals surface area contributed by atoms with E-state index in [1.54, 1.807) is 19.1 Å². The van der Waals surface area contributed by atoms with E-state index in [9.17, 15) is 14.4 Å². The molecule has 1 aromatic heterocycles. The minimum atomic E-state index is -0.530. The van der Waals surface area contributed by atoms with E-state index < -0.39 is 11.2 Å². The Labute approximate surface area is 202 Å². The lowest BCUT2D eigenvalue weighted by Crippen LogP contribution is -2.32. The Morgan fingerprint density at radius 2 is 1.91 bits per heavy atom. The molecule has 2 aromatic rings. The zero-order valence-corrected chi connectivity index (χ0v) is 21.1. The number of hydrogen-bond acceptors (Lipinski definition) is 7. The first-order valence-electron chi connectivity index (χ1n) is 11.3. The van der Waals surface area contributed by atoms with Crippen LogP contribution in [0.3, 0.4) is 0 Å². The molecule has 1 aliphatic heterocycles. The lowest BCUT2D eigenvalue weighted by Gasteiger charge is -2.33. The van der Waals surface area contributed by atoms with Crippen molar-refractivity contribution < 1.29 is 19.1 Å². The minimum absolute atomic E-state index is 0.101. The molecule has 1 aliphatic carbocycles. The summed E-state index contributed by atoms with van der Waals surface area (Å²) in [6.07, 6.45) is 2.66. The molecule has 2 heterocycles. The predicted molar refractivity (Wildman–Crippen MR) is 133 cm³/mol. The predicted octanol–water partition coefficient (Wildman–Crippen LogP) is 5.08. The van der Waals surface area contributed by atoms with Crippen LogP contribution in [0.5, 0.6) is 0 Å². The van der Waals surface area contributed by atoms with Gasteiger partial charge in [0.15, 0.2) is 0 Å². The van der Waals surface area contributed by atoms with Crippen molar-refractivity contribution in [2.45, 2.75) is 63.5 Å². The second-order valence-corrected chi connectivity index (χ2v) is 12.0. The van der Waals surface area contributed by atoms with Crippen LogP contribution in [-0.4, -0.2) is 29.6 Å². The number of nitrogens with two attached hydrogens (primary N) is 1. The van der Waals surface area contributed by atoms with E-state index in [4.69, 9.17) is 10.5 Å². The van der Waals surface area contributed by atoms with Gasteiger partial charge >= 0.3 is 5.97 Å². The van der Waals surface area contributed by atoms with Gasteiger partial charge in [-0.1, -0.05) is 20.8 Å². The molecule has 0 radical (unpaired) electrons. The number of thiophene rings is 1. The third kappa shape index (κ3) is 4.68. The Kier molecular flexibility index (Phi) is 6.60. The van der Waals surface area contributed by atoms with Gasteiger partial charge in [0.1, 0.15) is 5.00 Å². The molecule has 0 bridgehead atoms. The van der Waals surface area contributed by atoms with Crippen LogP contribution in [0.1, 0.15) is 61.3 Å². The van der Waals surface area contributed by atoms with Gasteiger partial charge in [0.25, 0.3) is 0 Å². The number of carbonyl (C=O) groups is 3. The number of carbonyl (C=O) groups excluding carboxylic acids is 3. The number of hydrogen-bond donors (Lipinski definition) is 1. The van der Waals surface area contributed by atoms with E-state index >= 15 is 0 Å². The fraction of sp³-hybridized carbons (Fsp3) is 0.480. The molecule has 1 saturated heterocycles. The lowest BCUT2D eigenvalue weighted by atomic mass is 9.72. The van der Waals surface area contributed by atoms with Crippen LogP contribution >= 0.6 is 23.1 Å². The van der Waals surface area contributed by atoms with Crippen LogP contribution in [0.4, 0.5) is 10.7 Å². The number of benzene rings is 1. The zero-order chi connectivity index (χ0) is 23.9. The summed E-state index contributed by atoms with van der Waals surface area (Å²) < 4.78 is 5.35. The number of thioether (sulfide) groups is 1. The SMILES string of the molecule is CCOC(=O)c1c(N2C(=O)CC(Sc3ccc(N)cc3)C2=O)sc2c1CCC(C(C)(C)C)C2. The molecule has 33 heavy (non-hydrogen) atoms. The first-order chi connectivity index (χ1) is 15.6. The number of nitrogens with zero attached hydrogens (tertiary/aromatic N) is 1. The lowest BCUT2D eigenvalue weighted by molar-refractivity contribution is -0.121. The Hall–Kier alpha value is -2.32. The fourth-order valence-corrected chi connectivity index (χ4v) is 6.99. The average Bonchev–Trinajstić information content (AvgIpc) is 3.25. The highest BCUT2D eigenvalue weighted by Crippen LogP contribution is 2.47. The molecule has 1 fully saturated rings. The van der Waals surface area contributed by atoms with Crippen molar-refractivity contribution in [3.8, 4) is 0 Å². The van der Waals surface area contributed by atoms with Crippen molar-refractivity contribution in [1.82, 2.24) is 0 Å².